The minimum atomic E-state index is -0.780. The number of hydrogen-bond donors (Lipinski definition) is 2. The summed E-state index contributed by atoms with van der Waals surface area (Å²) in [5.41, 5.74) is 12.4. The first kappa shape index (κ1) is 9.61. The van der Waals surface area contributed by atoms with Gasteiger partial charge in [-0.05, 0) is 17.7 Å². The Balaban J connectivity index is 2.65. The number of para-hydroxylation sites is 1. The van der Waals surface area contributed by atoms with Crippen LogP contribution in [0.5, 0.6) is 0 Å². The number of nitrogens with zero attached hydrogens (tertiary/aromatic N) is 1. The van der Waals surface area contributed by atoms with Crippen molar-refractivity contribution in [2.24, 2.45) is 11.5 Å². The Labute approximate surface area is 86.9 Å². The predicted molar refractivity (Wildman–Crippen MR) is 57.9 cm³/mol. The summed E-state index contributed by atoms with van der Waals surface area (Å²) in [6.45, 7) is 0. The van der Waals surface area contributed by atoms with Gasteiger partial charge in [0.15, 0.2) is 0 Å². The molecule has 76 valence electrons. The van der Waals surface area contributed by atoms with Gasteiger partial charge < -0.3 is 11.5 Å². The fraction of sp³-hybridized carbons (Fsp3) is 0.0909. The molecule has 1 atom stereocenters. The second kappa shape index (κ2) is 3.67. The van der Waals surface area contributed by atoms with E-state index in [0.29, 0.717) is 5.56 Å². The molecule has 4 heteroatoms. The maximum atomic E-state index is 11.0. The molecule has 0 fully saturated rings. The Morgan fingerprint density at radius 3 is 2.73 bits per heavy atom. The largest absolute Gasteiger partial charge is 0.368 e. The fourth-order valence-electron chi connectivity index (χ4n) is 1.54. The van der Waals surface area contributed by atoms with Gasteiger partial charge in [-0.3, -0.25) is 9.78 Å². The second-order valence-corrected chi connectivity index (χ2v) is 3.30. The molecule has 4 nitrogen and oxygen atoms in total. The van der Waals surface area contributed by atoms with E-state index < -0.39 is 11.9 Å². The Morgan fingerprint density at radius 1 is 1.27 bits per heavy atom. The molecule has 15 heavy (non-hydrogen) atoms. The molecular weight excluding hydrogens is 190 g/mol. The van der Waals surface area contributed by atoms with Crippen LogP contribution in [0.2, 0.25) is 0 Å². The van der Waals surface area contributed by atoms with Gasteiger partial charge >= 0.3 is 0 Å². The van der Waals surface area contributed by atoms with Crippen molar-refractivity contribution < 1.29 is 4.79 Å². The molecule has 0 spiro atoms. The van der Waals surface area contributed by atoms with Gasteiger partial charge in [-0.2, -0.15) is 0 Å². The number of pyridine rings is 1. The highest BCUT2D eigenvalue weighted by Crippen LogP contribution is 2.20. The van der Waals surface area contributed by atoms with Crippen LogP contribution in [0.25, 0.3) is 10.9 Å². The normalized spacial score (nSPS) is 12.6. The highest BCUT2D eigenvalue weighted by molar-refractivity contribution is 5.89. The number of hydrogen-bond acceptors (Lipinski definition) is 3. The summed E-state index contributed by atoms with van der Waals surface area (Å²) < 4.78 is 0. The van der Waals surface area contributed by atoms with Crippen molar-refractivity contribution in [1.82, 2.24) is 4.98 Å². The number of rotatable bonds is 2. The molecule has 1 aromatic heterocycles. The fourth-order valence-corrected chi connectivity index (χ4v) is 1.54. The summed E-state index contributed by atoms with van der Waals surface area (Å²) >= 11 is 0. The van der Waals surface area contributed by atoms with Gasteiger partial charge in [0.1, 0.15) is 6.04 Å². The van der Waals surface area contributed by atoms with Crippen LogP contribution in [0, 0.1) is 0 Å². The molecule has 0 bridgehead atoms. The first-order valence-corrected chi connectivity index (χ1v) is 4.58. The highest BCUT2D eigenvalue weighted by atomic mass is 16.1. The number of carbonyl (C=O) groups excluding carboxylic acids is 1. The van der Waals surface area contributed by atoms with Crippen LogP contribution >= 0.6 is 0 Å². The molecule has 1 amide bonds. The smallest absolute Gasteiger partial charge is 0.238 e. The van der Waals surface area contributed by atoms with Crippen LogP contribution in [0.3, 0.4) is 0 Å². The average Bonchev–Trinajstić information content (AvgIpc) is 2.27. The quantitative estimate of drug-likeness (QED) is 0.751. The molecule has 0 aliphatic rings. The van der Waals surface area contributed by atoms with E-state index in [2.05, 4.69) is 4.98 Å². The van der Waals surface area contributed by atoms with Crippen LogP contribution in [0.15, 0.2) is 36.5 Å². The third-order valence-corrected chi connectivity index (χ3v) is 2.32. The number of amides is 1. The maximum absolute atomic E-state index is 11.0. The van der Waals surface area contributed by atoms with Gasteiger partial charge in [0, 0.05) is 11.6 Å². The Bertz CT molecular complexity index is 505. The van der Waals surface area contributed by atoms with E-state index in [1.807, 2.05) is 24.3 Å². The standard InChI is InChI=1S/C11H11N3O/c12-10(11(13)15)8-5-6-14-9-4-2-1-3-7(8)9/h1-6,10H,12H2,(H2,13,15). The van der Waals surface area contributed by atoms with Crippen LogP contribution in [-0.2, 0) is 4.79 Å². The van der Waals surface area contributed by atoms with E-state index in [0.717, 1.165) is 10.9 Å². The van der Waals surface area contributed by atoms with Crippen molar-refractivity contribution in [3.63, 3.8) is 0 Å². The molecular formula is C11H11N3O. The van der Waals surface area contributed by atoms with Crippen molar-refractivity contribution in [3.8, 4) is 0 Å². The van der Waals surface area contributed by atoms with E-state index >= 15 is 0 Å². The van der Waals surface area contributed by atoms with Crippen molar-refractivity contribution >= 4 is 16.8 Å². The zero-order valence-electron chi connectivity index (χ0n) is 8.05. The third kappa shape index (κ3) is 1.67. The van der Waals surface area contributed by atoms with Crippen LogP contribution in [0.1, 0.15) is 11.6 Å². The Kier molecular flexibility index (Phi) is 2.35. The molecule has 2 rings (SSSR count). The van der Waals surface area contributed by atoms with Crippen molar-refractivity contribution in [2.45, 2.75) is 6.04 Å². The monoisotopic (exact) mass is 201 g/mol. The third-order valence-electron chi connectivity index (χ3n) is 2.32. The Morgan fingerprint density at radius 2 is 2.00 bits per heavy atom. The maximum Gasteiger partial charge on any atom is 0.238 e. The minimum absolute atomic E-state index is 0.536. The van der Waals surface area contributed by atoms with Gasteiger partial charge in [0.25, 0.3) is 0 Å². The first-order chi connectivity index (χ1) is 7.20. The summed E-state index contributed by atoms with van der Waals surface area (Å²) in [4.78, 5) is 15.2. The number of nitrogens with two attached hydrogens (primary N) is 2. The lowest BCUT2D eigenvalue weighted by Crippen LogP contribution is -2.28. The SMILES string of the molecule is NC(=O)C(N)c1ccnc2ccccc12. The average molecular weight is 201 g/mol. The van der Waals surface area contributed by atoms with Crippen molar-refractivity contribution in [3.05, 3.63) is 42.1 Å². The predicted octanol–water partition coefficient (Wildman–Crippen LogP) is 0.720. The second-order valence-electron chi connectivity index (χ2n) is 3.30. The van der Waals surface area contributed by atoms with E-state index in [4.69, 9.17) is 11.5 Å². The summed E-state index contributed by atoms with van der Waals surface area (Å²) in [5, 5.41) is 0.867. The summed E-state index contributed by atoms with van der Waals surface area (Å²) in [6, 6.07) is 8.44. The topological polar surface area (TPSA) is 82.0 Å². The minimum Gasteiger partial charge on any atom is -0.368 e. The van der Waals surface area contributed by atoms with Crippen LogP contribution < -0.4 is 11.5 Å². The van der Waals surface area contributed by atoms with Crippen molar-refractivity contribution in [2.75, 3.05) is 0 Å². The molecule has 1 aromatic carbocycles. The molecule has 0 aliphatic carbocycles. The molecule has 0 saturated carbocycles. The van der Waals surface area contributed by atoms with Crippen molar-refractivity contribution in [1.29, 1.82) is 0 Å². The molecule has 1 heterocycles. The highest BCUT2D eigenvalue weighted by Gasteiger charge is 2.14. The van der Waals surface area contributed by atoms with E-state index in [1.54, 1.807) is 12.3 Å². The molecule has 1 unspecified atom stereocenters. The zero-order chi connectivity index (χ0) is 10.8. The van der Waals surface area contributed by atoms with E-state index in [1.165, 1.54) is 0 Å². The number of aromatic nitrogens is 1. The summed E-state index contributed by atoms with van der Waals surface area (Å²) in [6.07, 6.45) is 1.63. The van der Waals surface area contributed by atoms with Gasteiger partial charge in [-0.15, -0.1) is 0 Å². The number of carbonyl (C=O) groups is 1. The van der Waals surface area contributed by atoms with Crippen LogP contribution in [-0.4, -0.2) is 10.9 Å². The molecule has 2 aromatic rings. The van der Waals surface area contributed by atoms with Gasteiger partial charge in [0.2, 0.25) is 5.91 Å². The lowest BCUT2D eigenvalue weighted by atomic mass is 10.0. The Hall–Kier alpha value is -1.94. The lowest BCUT2D eigenvalue weighted by molar-refractivity contribution is -0.119. The number of benzene rings is 1. The zero-order valence-corrected chi connectivity index (χ0v) is 8.05. The molecule has 0 saturated heterocycles. The molecule has 0 aliphatic heterocycles. The van der Waals surface area contributed by atoms with Gasteiger partial charge in [-0.1, -0.05) is 18.2 Å². The molecule has 4 N–H and O–H groups in total. The van der Waals surface area contributed by atoms with Gasteiger partial charge in [0.05, 0.1) is 5.52 Å². The van der Waals surface area contributed by atoms with Gasteiger partial charge in [-0.25, -0.2) is 0 Å². The van der Waals surface area contributed by atoms with Crippen LogP contribution in [0.4, 0.5) is 0 Å². The summed E-state index contributed by atoms with van der Waals surface area (Å²) in [5.74, 6) is -0.536. The first-order valence-electron chi connectivity index (χ1n) is 4.58. The number of fused-ring (bicyclic) bond motifs is 1. The van der Waals surface area contributed by atoms with E-state index in [9.17, 15) is 4.79 Å². The number of primary amides is 1. The van der Waals surface area contributed by atoms with E-state index in [-0.39, 0.29) is 0 Å². The molecule has 0 radical (unpaired) electrons. The summed E-state index contributed by atoms with van der Waals surface area (Å²) in [7, 11) is 0. The lowest BCUT2D eigenvalue weighted by Gasteiger charge is -2.10.